The standard InChI is InChI=1S/C18H24N4O2/c1-20-17(23)9-8-16(19-20)18(24)22-11-5-10-21(12-13-22)14-15-6-3-2-4-7-15/h2-4,6-7H,5,8-14H2,1H3. The summed E-state index contributed by atoms with van der Waals surface area (Å²) in [5.74, 6) is -0.0487. The Labute approximate surface area is 142 Å². The Morgan fingerprint density at radius 3 is 2.62 bits per heavy atom. The van der Waals surface area contributed by atoms with Crippen molar-refractivity contribution >= 4 is 17.5 Å². The fourth-order valence-corrected chi connectivity index (χ4v) is 3.18. The molecule has 2 heterocycles. The van der Waals surface area contributed by atoms with E-state index in [0.717, 1.165) is 32.6 Å². The third kappa shape index (κ3) is 4.00. The number of nitrogens with zero attached hydrogens (tertiary/aromatic N) is 4. The van der Waals surface area contributed by atoms with Crippen molar-refractivity contribution in [2.24, 2.45) is 5.10 Å². The second-order valence-corrected chi connectivity index (χ2v) is 6.37. The number of rotatable bonds is 3. The fraction of sp³-hybridized carbons (Fsp3) is 0.500. The molecule has 0 N–H and O–H groups in total. The first kappa shape index (κ1) is 16.6. The van der Waals surface area contributed by atoms with Gasteiger partial charge < -0.3 is 4.90 Å². The van der Waals surface area contributed by atoms with E-state index in [9.17, 15) is 9.59 Å². The lowest BCUT2D eigenvalue weighted by Gasteiger charge is -2.25. The van der Waals surface area contributed by atoms with E-state index in [1.807, 2.05) is 11.0 Å². The van der Waals surface area contributed by atoms with E-state index >= 15 is 0 Å². The molecule has 1 fully saturated rings. The summed E-state index contributed by atoms with van der Waals surface area (Å²) in [6.45, 7) is 4.23. The Bertz CT molecular complexity index is 629. The smallest absolute Gasteiger partial charge is 0.270 e. The first-order valence-corrected chi connectivity index (χ1v) is 8.53. The van der Waals surface area contributed by atoms with Crippen LogP contribution in [0.4, 0.5) is 0 Å². The third-order valence-corrected chi connectivity index (χ3v) is 4.58. The first-order chi connectivity index (χ1) is 11.6. The van der Waals surface area contributed by atoms with Gasteiger partial charge in [0, 0.05) is 52.6 Å². The average Bonchev–Trinajstić information content (AvgIpc) is 2.83. The molecular weight excluding hydrogens is 304 g/mol. The molecule has 0 atom stereocenters. The lowest BCUT2D eigenvalue weighted by atomic mass is 10.1. The minimum atomic E-state index is -0.0311. The molecule has 1 aromatic carbocycles. The van der Waals surface area contributed by atoms with Crippen LogP contribution in [0.2, 0.25) is 0 Å². The van der Waals surface area contributed by atoms with Gasteiger partial charge in [-0.15, -0.1) is 0 Å². The molecule has 3 rings (SSSR count). The predicted octanol–water partition coefficient (Wildman–Crippen LogP) is 1.33. The Balaban J connectivity index is 1.58. The molecular formula is C18H24N4O2. The normalized spacial score (nSPS) is 19.9. The van der Waals surface area contributed by atoms with Crippen molar-refractivity contribution in [2.75, 3.05) is 33.2 Å². The van der Waals surface area contributed by atoms with Crippen LogP contribution in [0.5, 0.6) is 0 Å². The van der Waals surface area contributed by atoms with Crippen molar-refractivity contribution in [3.05, 3.63) is 35.9 Å². The molecule has 0 aromatic heterocycles. The van der Waals surface area contributed by atoms with Crippen molar-refractivity contribution in [3.63, 3.8) is 0 Å². The topological polar surface area (TPSA) is 56.2 Å². The van der Waals surface area contributed by atoms with Gasteiger partial charge in [0.15, 0.2) is 0 Å². The number of carbonyl (C=O) groups excluding carboxylic acids is 2. The fourth-order valence-electron chi connectivity index (χ4n) is 3.18. The van der Waals surface area contributed by atoms with Crippen LogP contribution in [-0.2, 0) is 16.1 Å². The molecule has 128 valence electrons. The minimum absolute atomic E-state index is 0.0177. The van der Waals surface area contributed by atoms with E-state index in [-0.39, 0.29) is 11.8 Å². The molecule has 6 nitrogen and oxygen atoms in total. The van der Waals surface area contributed by atoms with E-state index in [1.165, 1.54) is 10.6 Å². The van der Waals surface area contributed by atoms with E-state index in [0.29, 0.717) is 25.1 Å². The van der Waals surface area contributed by atoms with E-state index in [1.54, 1.807) is 7.05 Å². The summed E-state index contributed by atoms with van der Waals surface area (Å²) < 4.78 is 0. The van der Waals surface area contributed by atoms with Crippen LogP contribution in [0.3, 0.4) is 0 Å². The second-order valence-electron chi connectivity index (χ2n) is 6.37. The first-order valence-electron chi connectivity index (χ1n) is 8.53. The molecule has 0 unspecified atom stereocenters. The number of hydrazone groups is 1. The summed E-state index contributed by atoms with van der Waals surface area (Å²) in [5, 5.41) is 5.44. The highest BCUT2D eigenvalue weighted by molar-refractivity contribution is 6.39. The van der Waals surface area contributed by atoms with E-state index in [2.05, 4.69) is 34.3 Å². The van der Waals surface area contributed by atoms with Gasteiger partial charge in [0.1, 0.15) is 5.71 Å². The largest absolute Gasteiger partial charge is 0.336 e. The molecule has 6 heteroatoms. The zero-order valence-electron chi connectivity index (χ0n) is 14.1. The van der Waals surface area contributed by atoms with Crippen molar-refractivity contribution in [1.29, 1.82) is 0 Å². The van der Waals surface area contributed by atoms with Gasteiger partial charge in [0.05, 0.1) is 0 Å². The van der Waals surface area contributed by atoms with Crippen LogP contribution in [0.15, 0.2) is 35.4 Å². The highest BCUT2D eigenvalue weighted by atomic mass is 16.2. The van der Waals surface area contributed by atoms with E-state index < -0.39 is 0 Å². The highest BCUT2D eigenvalue weighted by Gasteiger charge is 2.27. The van der Waals surface area contributed by atoms with Crippen LogP contribution in [0, 0.1) is 0 Å². The van der Waals surface area contributed by atoms with Crippen LogP contribution < -0.4 is 0 Å². The van der Waals surface area contributed by atoms with Crippen LogP contribution in [-0.4, -0.2) is 65.6 Å². The third-order valence-electron chi connectivity index (χ3n) is 4.58. The summed E-state index contributed by atoms with van der Waals surface area (Å²) in [6.07, 6.45) is 1.78. The van der Waals surface area contributed by atoms with Gasteiger partial charge in [-0.2, -0.15) is 5.10 Å². The van der Waals surface area contributed by atoms with Crippen molar-refractivity contribution < 1.29 is 9.59 Å². The molecule has 0 spiro atoms. The molecule has 2 amide bonds. The second kappa shape index (κ2) is 7.57. The Hall–Kier alpha value is -2.21. The molecule has 0 saturated carbocycles. The van der Waals surface area contributed by atoms with Gasteiger partial charge in [0.25, 0.3) is 5.91 Å². The summed E-state index contributed by atoms with van der Waals surface area (Å²) in [5.41, 5.74) is 1.81. The molecule has 0 bridgehead atoms. The molecule has 0 aliphatic carbocycles. The minimum Gasteiger partial charge on any atom is -0.336 e. The van der Waals surface area contributed by atoms with Gasteiger partial charge in [0.2, 0.25) is 5.91 Å². The molecule has 1 aromatic rings. The van der Waals surface area contributed by atoms with E-state index in [4.69, 9.17) is 0 Å². The number of hydrogen-bond acceptors (Lipinski definition) is 4. The summed E-state index contributed by atoms with van der Waals surface area (Å²) >= 11 is 0. The SMILES string of the molecule is CN1N=C(C(=O)N2CCCN(Cc3ccccc3)CC2)CCC1=O. The van der Waals surface area contributed by atoms with Crippen molar-refractivity contribution in [2.45, 2.75) is 25.8 Å². The summed E-state index contributed by atoms with van der Waals surface area (Å²) in [7, 11) is 1.61. The molecule has 1 saturated heterocycles. The zero-order chi connectivity index (χ0) is 16.9. The Morgan fingerprint density at radius 1 is 1.08 bits per heavy atom. The quantitative estimate of drug-likeness (QED) is 0.841. The number of carbonyl (C=O) groups is 2. The molecule has 0 radical (unpaired) electrons. The average molecular weight is 328 g/mol. The molecule has 24 heavy (non-hydrogen) atoms. The van der Waals surface area contributed by atoms with Gasteiger partial charge in [-0.25, -0.2) is 5.01 Å². The van der Waals surface area contributed by atoms with Crippen molar-refractivity contribution in [1.82, 2.24) is 14.8 Å². The van der Waals surface area contributed by atoms with Gasteiger partial charge in [-0.3, -0.25) is 14.5 Å². The van der Waals surface area contributed by atoms with Gasteiger partial charge >= 0.3 is 0 Å². The van der Waals surface area contributed by atoms with Gasteiger partial charge in [-0.05, 0) is 12.0 Å². The highest BCUT2D eigenvalue weighted by Crippen LogP contribution is 2.13. The Morgan fingerprint density at radius 2 is 1.88 bits per heavy atom. The predicted molar refractivity (Wildman–Crippen MR) is 92.4 cm³/mol. The number of benzene rings is 1. The van der Waals surface area contributed by atoms with Crippen LogP contribution in [0.25, 0.3) is 0 Å². The summed E-state index contributed by atoms with van der Waals surface area (Å²) in [4.78, 5) is 28.4. The lowest BCUT2D eigenvalue weighted by molar-refractivity contribution is -0.130. The monoisotopic (exact) mass is 328 g/mol. The number of hydrogen-bond donors (Lipinski definition) is 0. The maximum Gasteiger partial charge on any atom is 0.270 e. The summed E-state index contributed by atoms with van der Waals surface area (Å²) in [6, 6.07) is 10.4. The molecule has 2 aliphatic heterocycles. The Kier molecular flexibility index (Phi) is 5.25. The van der Waals surface area contributed by atoms with Gasteiger partial charge in [-0.1, -0.05) is 30.3 Å². The number of amides is 2. The molecule has 2 aliphatic rings. The lowest BCUT2D eigenvalue weighted by Crippen LogP contribution is -2.42. The van der Waals surface area contributed by atoms with Crippen LogP contribution >= 0.6 is 0 Å². The van der Waals surface area contributed by atoms with Crippen molar-refractivity contribution in [3.8, 4) is 0 Å². The van der Waals surface area contributed by atoms with Crippen LogP contribution in [0.1, 0.15) is 24.8 Å². The maximum absolute atomic E-state index is 12.7. The maximum atomic E-state index is 12.7. The zero-order valence-corrected chi connectivity index (χ0v) is 14.1.